The van der Waals surface area contributed by atoms with Crippen molar-refractivity contribution in [3.63, 3.8) is 0 Å². The van der Waals surface area contributed by atoms with Crippen molar-refractivity contribution in [2.75, 3.05) is 0 Å². The molecule has 0 radical (unpaired) electrons. The van der Waals surface area contributed by atoms with Gasteiger partial charge in [-0.15, -0.1) is 0 Å². The highest BCUT2D eigenvalue weighted by Gasteiger charge is 2.05. The fourth-order valence-electron chi connectivity index (χ4n) is 1.34. The van der Waals surface area contributed by atoms with Crippen LogP contribution in [-0.2, 0) is 6.54 Å². The molecule has 1 heterocycles. The number of aromatic carboxylic acids is 1. The van der Waals surface area contributed by atoms with Gasteiger partial charge in [-0.3, -0.25) is 4.68 Å². The van der Waals surface area contributed by atoms with E-state index < -0.39 is 5.97 Å². The summed E-state index contributed by atoms with van der Waals surface area (Å²) in [6.45, 7) is 0.532. The standard InChI is InChI=1S/C11H9ClN2O2/c12-10-3-1-8(2-4-10)6-14-7-9(5-13-14)11(15)16/h1-5,7H,6H2,(H,15,16). The monoisotopic (exact) mass is 236 g/mol. The number of rotatable bonds is 3. The summed E-state index contributed by atoms with van der Waals surface area (Å²) in [5, 5.41) is 13.4. The number of halogens is 1. The van der Waals surface area contributed by atoms with Crippen LogP contribution in [0.25, 0.3) is 0 Å². The zero-order valence-electron chi connectivity index (χ0n) is 8.30. The lowest BCUT2D eigenvalue weighted by atomic mass is 10.2. The van der Waals surface area contributed by atoms with E-state index >= 15 is 0 Å². The zero-order chi connectivity index (χ0) is 11.5. The van der Waals surface area contributed by atoms with E-state index in [2.05, 4.69) is 5.10 Å². The van der Waals surface area contributed by atoms with E-state index in [-0.39, 0.29) is 5.56 Å². The number of benzene rings is 1. The molecule has 0 aliphatic rings. The Labute approximate surface area is 97.1 Å². The van der Waals surface area contributed by atoms with Gasteiger partial charge in [-0.25, -0.2) is 4.79 Å². The molecule has 0 saturated carbocycles. The second-order valence-corrected chi connectivity index (χ2v) is 3.79. The smallest absolute Gasteiger partial charge is 0.338 e. The van der Waals surface area contributed by atoms with E-state index in [0.717, 1.165) is 5.56 Å². The van der Waals surface area contributed by atoms with Crippen molar-refractivity contribution < 1.29 is 9.90 Å². The van der Waals surface area contributed by atoms with E-state index in [4.69, 9.17) is 16.7 Å². The molecule has 0 saturated heterocycles. The Bertz CT molecular complexity index is 505. The summed E-state index contributed by atoms with van der Waals surface area (Å²) in [7, 11) is 0. The molecular weight excluding hydrogens is 228 g/mol. The second kappa shape index (κ2) is 4.37. The van der Waals surface area contributed by atoms with E-state index in [9.17, 15) is 4.79 Å². The SMILES string of the molecule is O=C(O)c1cnn(Cc2ccc(Cl)cc2)c1. The predicted molar refractivity (Wildman–Crippen MR) is 59.7 cm³/mol. The molecule has 0 unspecified atom stereocenters. The number of carboxylic acid groups (broad SMARTS) is 1. The van der Waals surface area contributed by atoms with Crippen LogP contribution >= 0.6 is 11.6 Å². The Morgan fingerprint density at radius 1 is 1.38 bits per heavy atom. The second-order valence-electron chi connectivity index (χ2n) is 3.36. The van der Waals surface area contributed by atoms with Gasteiger partial charge in [-0.1, -0.05) is 23.7 Å². The molecule has 2 rings (SSSR count). The van der Waals surface area contributed by atoms with Crippen molar-refractivity contribution in [2.24, 2.45) is 0 Å². The van der Waals surface area contributed by atoms with Gasteiger partial charge in [0.2, 0.25) is 0 Å². The number of hydrogen-bond donors (Lipinski definition) is 1. The van der Waals surface area contributed by atoms with E-state index in [0.29, 0.717) is 11.6 Å². The van der Waals surface area contributed by atoms with Crippen LogP contribution in [0.4, 0.5) is 0 Å². The quantitative estimate of drug-likeness (QED) is 0.890. The van der Waals surface area contributed by atoms with Crippen LogP contribution < -0.4 is 0 Å². The first-order valence-corrected chi connectivity index (χ1v) is 5.03. The van der Waals surface area contributed by atoms with Crippen LogP contribution in [0.15, 0.2) is 36.7 Å². The van der Waals surface area contributed by atoms with Crippen LogP contribution in [0, 0.1) is 0 Å². The zero-order valence-corrected chi connectivity index (χ0v) is 9.05. The lowest BCUT2D eigenvalue weighted by Crippen LogP contribution is -2.00. The molecule has 16 heavy (non-hydrogen) atoms. The lowest BCUT2D eigenvalue weighted by Gasteiger charge is -2.01. The fourth-order valence-corrected chi connectivity index (χ4v) is 1.46. The van der Waals surface area contributed by atoms with Gasteiger partial charge in [0, 0.05) is 11.2 Å². The highest BCUT2D eigenvalue weighted by Crippen LogP contribution is 2.10. The average Bonchev–Trinajstić information content (AvgIpc) is 2.70. The van der Waals surface area contributed by atoms with Gasteiger partial charge in [0.15, 0.2) is 0 Å². The summed E-state index contributed by atoms with van der Waals surface area (Å²) >= 11 is 5.76. The minimum atomic E-state index is -0.970. The highest BCUT2D eigenvalue weighted by atomic mass is 35.5. The summed E-state index contributed by atoms with van der Waals surface area (Å²) < 4.78 is 1.58. The Morgan fingerprint density at radius 2 is 2.06 bits per heavy atom. The molecule has 0 amide bonds. The molecular formula is C11H9ClN2O2. The maximum Gasteiger partial charge on any atom is 0.338 e. The third-order valence-electron chi connectivity index (χ3n) is 2.14. The molecule has 0 spiro atoms. The molecule has 0 fully saturated rings. The van der Waals surface area contributed by atoms with E-state index in [1.165, 1.54) is 12.4 Å². The first-order valence-electron chi connectivity index (χ1n) is 4.65. The van der Waals surface area contributed by atoms with Crippen molar-refractivity contribution in [2.45, 2.75) is 6.54 Å². The normalized spacial score (nSPS) is 10.3. The van der Waals surface area contributed by atoms with Crippen LogP contribution in [0.3, 0.4) is 0 Å². The van der Waals surface area contributed by atoms with E-state index in [1.54, 1.807) is 16.8 Å². The molecule has 4 nitrogen and oxygen atoms in total. The number of hydrogen-bond acceptors (Lipinski definition) is 2. The molecule has 1 aromatic carbocycles. The van der Waals surface area contributed by atoms with Crippen LogP contribution in [0.5, 0.6) is 0 Å². The molecule has 0 bridgehead atoms. The van der Waals surface area contributed by atoms with Gasteiger partial charge in [-0.05, 0) is 17.7 Å². The average molecular weight is 237 g/mol. The first kappa shape index (κ1) is 10.7. The first-order chi connectivity index (χ1) is 7.65. The number of nitrogens with zero attached hydrogens (tertiary/aromatic N) is 2. The minimum absolute atomic E-state index is 0.189. The minimum Gasteiger partial charge on any atom is -0.478 e. The number of aromatic nitrogens is 2. The van der Waals surface area contributed by atoms with Gasteiger partial charge in [0.25, 0.3) is 0 Å². The summed E-state index contributed by atoms with van der Waals surface area (Å²) in [6, 6.07) is 7.34. The predicted octanol–water partition coefficient (Wildman–Crippen LogP) is 2.28. The van der Waals surface area contributed by atoms with Gasteiger partial charge in [-0.2, -0.15) is 5.10 Å². The van der Waals surface area contributed by atoms with E-state index in [1.807, 2.05) is 12.1 Å². The molecule has 82 valence electrons. The Morgan fingerprint density at radius 3 is 2.62 bits per heavy atom. The molecule has 2 aromatic rings. The number of carbonyl (C=O) groups is 1. The van der Waals surface area contributed by atoms with Crippen molar-refractivity contribution in [3.05, 3.63) is 52.8 Å². The summed E-state index contributed by atoms with van der Waals surface area (Å²) in [6.07, 6.45) is 2.83. The van der Waals surface area contributed by atoms with Crippen molar-refractivity contribution in [1.82, 2.24) is 9.78 Å². The van der Waals surface area contributed by atoms with Crippen molar-refractivity contribution in [1.29, 1.82) is 0 Å². The third-order valence-corrected chi connectivity index (χ3v) is 2.39. The maximum atomic E-state index is 10.6. The van der Waals surface area contributed by atoms with Gasteiger partial charge in [0.05, 0.1) is 18.3 Å². The summed E-state index contributed by atoms with van der Waals surface area (Å²) in [4.78, 5) is 10.6. The van der Waals surface area contributed by atoms with Crippen LogP contribution in [0.1, 0.15) is 15.9 Å². The molecule has 1 N–H and O–H groups in total. The molecule has 0 aliphatic heterocycles. The van der Waals surface area contributed by atoms with Crippen LogP contribution in [-0.4, -0.2) is 20.9 Å². The largest absolute Gasteiger partial charge is 0.478 e. The fraction of sp³-hybridized carbons (Fsp3) is 0.0909. The topological polar surface area (TPSA) is 55.1 Å². The molecule has 1 aromatic heterocycles. The maximum absolute atomic E-state index is 10.6. The van der Waals surface area contributed by atoms with Gasteiger partial charge >= 0.3 is 5.97 Å². The van der Waals surface area contributed by atoms with Gasteiger partial charge in [0.1, 0.15) is 0 Å². The lowest BCUT2D eigenvalue weighted by molar-refractivity contribution is 0.0697. The summed E-state index contributed by atoms with van der Waals surface area (Å²) in [5.41, 5.74) is 1.21. The summed E-state index contributed by atoms with van der Waals surface area (Å²) in [5.74, 6) is -0.970. The number of carboxylic acids is 1. The molecule has 0 aliphatic carbocycles. The Kier molecular flexibility index (Phi) is 2.92. The molecule has 5 heteroatoms. The van der Waals surface area contributed by atoms with Crippen molar-refractivity contribution >= 4 is 17.6 Å². The Hall–Kier alpha value is -1.81. The Balaban J connectivity index is 2.14. The van der Waals surface area contributed by atoms with Crippen molar-refractivity contribution in [3.8, 4) is 0 Å². The van der Waals surface area contributed by atoms with Crippen LogP contribution in [0.2, 0.25) is 5.02 Å². The highest BCUT2D eigenvalue weighted by molar-refractivity contribution is 6.30. The van der Waals surface area contributed by atoms with Gasteiger partial charge < -0.3 is 5.11 Å². The third kappa shape index (κ3) is 2.41. The molecule has 0 atom stereocenters.